The quantitative estimate of drug-likeness (QED) is 0.848. The minimum Gasteiger partial charge on any atom is -0.345 e. The van der Waals surface area contributed by atoms with Gasteiger partial charge in [0.15, 0.2) is 0 Å². The van der Waals surface area contributed by atoms with E-state index in [-0.39, 0.29) is 23.3 Å². The van der Waals surface area contributed by atoms with Gasteiger partial charge in [-0.2, -0.15) is 0 Å². The lowest BCUT2D eigenvalue weighted by Crippen LogP contribution is -2.24. The molecule has 0 saturated heterocycles. The Kier molecular flexibility index (Phi) is 2.49. The van der Waals surface area contributed by atoms with Gasteiger partial charge in [0, 0.05) is 12.4 Å². The molecular formula is C15H16N2O2. The second-order valence-corrected chi connectivity index (χ2v) is 5.36. The zero-order valence-corrected chi connectivity index (χ0v) is 11.2. The van der Waals surface area contributed by atoms with Gasteiger partial charge in [-0.15, -0.1) is 0 Å². The molecule has 2 heterocycles. The highest BCUT2D eigenvalue weighted by atomic mass is 16.2. The predicted molar refractivity (Wildman–Crippen MR) is 74.2 cm³/mol. The van der Waals surface area contributed by atoms with Crippen LogP contribution in [-0.2, 0) is 7.05 Å². The summed E-state index contributed by atoms with van der Waals surface area (Å²) in [6.07, 6.45) is 0. The number of rotatable bonds is 1. The third-order valence-electron chi connectivity index (χ3n) is 3.83. The van der Waals surface area contributed by atoms with Crippen LogP contribution in [0.5, 0.6) is 0 Å². The first kappa shape index (κ1) is 12.0. The summed E-state index contributed by atoms with van der Waals surface area (Å²) in [4.78, 5) is 24.5. The van der Waals surface area contributed by atoms with Crippen LogP contribution in [0.1, 0.15) is 35.9 Å². The molecule has 2 aromatic rings. The number of carbonyl (C=O) groups is 1. The number of carbonyl (C=O) groups excluding carboxylic acids is 1. The summed E-state index contributed by atoms with van der Waals surface area (Å²) in [6.45, 7) is 4.08. The molecular weight excluding hydrogens is 240 g/mol. The van der Waals surface area contributed by atoms with Crippen LogP contribution in [0.3, 0.4) is 0 Å². The van der Waals surface area contributed by atoms with Crippen molar-refractivity contribution in [2.45, 2.75) is 19.9 Å². The molecule has 98 valence electrons. The molecule has 19 heavy (non-hydrogen) atoms. The average Bonchev–Trinajstić information content (AvgIpc) is 2.74. The highest BCUT2D eigenvalue weighted by Gasteiger charge is 2.35. The highest BCUT2D eigenvalue weighted by Crippen LogP contribution is 2.30. The minimum absolute atomic E-state index is 0.0928. The maximum absolute atomic E-state index is 12.5. The van der Waals surface area contributed by atoms with Crippen LogP contribution in [0.2, 0.25) is 0 Å². The summed E-state index contributed by atoms with van der Waals surface area (Å²) in [5, 5.41) is 3.52. The Hall–Kier alpha value is -2.10. The second kappa shape index (κ2) is 3.95. The minimum atomic E-state index is -0.250. The van der Waals surface area contributed by atoms with Crippen molar-refractivity contribution in [3.05, 3.63) is 45.7 Å². The molecule has 0 aliphatic carbocycles. The molecule has 4 heteroatoms. The molecule has 3 rings (SSSR count). The smallest absolute Gasteiger partial charge is 0.257 e. The van der Waals surface area contributed by atoms with Gasteiger partial charge in [-0.25, -0.2) is 0 Å². The molecule has 1 aliphatic rings. The molecule has 1 aliphatic heterocycles. The number of hydrogen-bond acceptors (Lipinski definition) is 2. The molecule has 0 saturated carbocycles. The number of benzene rings is 1. The fourth-order valence-electron chi connectivity index (χ4n) is 2.85. The third-order valence-corrected chi connectivity index (χ3v) is 3.83. The molecule has 4 nitrogen and oxygen atoms in total. The van der Waals surface area contributed by atoms with E-state index < -0.39 is 0 Å². The lowest BCUT2D eigenvalue weighted by Gasteiger charge is -2.19. The van der Waals surface area contributed by atoms with Crippen molar-refractivity contribution < 1.29 is 4.79 Å². The maximum Gasteiger partial charge on any atom is 0.257 e. The number of amides is 1. The number of para-hydroxylation sites is 1. The molecule has 1 aromatic heterocycles. The molecule has 0 radical (unpaired) electrons. The van der Waals surface area contributed by atoms with Crippen molar-refractivity contribution in [2.24, 2.45) is 13.0 Å². The van der Waals surface area contributed by atoms with E-state index in [0.29, 0.717) is 10.9 Å². The topological polar surface area (TPSA) is 51.1 Å². The van der Waals surface area contributed by atoms with E-state index in [1.54, 1.807) is 6.07 Å². The number of nitrogens with one attached hydrogen (secondary N) is 1. The van der Waals surface area contributed by atoms with E-state index >= 15 is 0 Å². The summed E-state index contributed by atoms with van der Waals surface area (Å²) in [5.74, 6) is -0.00276. The summed E-state index contributed by atoms with van der Waals surface area (Å²) < 4.78 is 1.97. The largest absolute Gasteiger partial charge is 0.345 e. The van der Waals surface area contributed by atoms with Crippen molar-refractivity contribution in [1.29, 1.82) is 0 Å². The Morgan fingerprint density at radius 3 is 2.58 bits per heavy atom. The maximum atomic E-state index is 12.5. The van der Waals surface area contributed by atoms with Gasteiger partial charge in [-0.05, 0) is 18.1 Å². The number of aromatic nitrogens is 1. The standard InChI is InChI=1S/C15H16N2O2/c1-8(2)12-13-11(15(19)16-12)14(18)9-6-4-5-7-10(9)17(13)3/h4-8,12H,1-3H3,(H,16,19). The average molecular weight is 256 g/mol. The van der Waals surface area contributed by atoms with Crippen LogP contribution in [-0.4, -0.2) is 10.5 Å². The van der Waals surface area contributed by atoms with E-state index in [4.69, 9.17) is 0 Å². The molecule has 1 atom stereocenters. The lowest BCUT2D eigenvalue weighted by atomic mass is 9.99. The van der Waals surface area contributed by atoms with Gasteiger partial charge < -0.3 is 9.88 Å². The third kappa shape index (κ3) is 1.52. The van der Waals surface area contributed by atoms with E-state index in [2.05, 4.69) is 5.32 Å². The molecule has 0 bridgehead atoms. The monoisotopic (exact) mass is 256 g/mol. The summed E-state index contributed by atoms with van der Waals surface area (Å²) in [6, 6.07) is 7.32. The summed E-state index contributed by atoms with van der Waals surface area (Å²) in [7, 11) is 1.91. The zero-order valence-electron chi connectivity index (χ0n) is 11.2. The van der Waals surface area contributed by atoms with Crippen LogP contribution in [0.4, 0.5) is 0 Å². The van der Waals surface area contributed by atoms with E-state index in [1.807, 2.05) is 43.7 Å². The lowest BCUT2D eigenvalue weighted by molar-refractivity contribution is 0.0948. The van der Waals surface area contributed by atoms with Gasteiger partial charge in [-0.3, -0.25) is 9.59 Å². The van der Waals surface area contributed by atoms with E-state index in [9.17, 15) is 9.59 Å². The SMILES string of the molecule is CC(C)C1NC(=O)c2c1n(C)c1ccccc1c2=O. The number of pyridine rings is 1. The van der Waals surface area contributed by atoms with Crippen molar-refractivity contribution in [3.8, 4) is 0 Å². The van der Waals surface area contributed by atoms with Crippen molar-refractivity contribution in [1.82, 2.24) is 9.88 Å². The number of hydrogen-bond donors (Lipinski definition) is 1. The normalized spacial score (nSPS) is 17.9. The van der Waals surface area contributed by atoms with Gasteiger partial charge in [0.2, 0.25) is 5.43 Å². The second-order valence-electron chi connectivity index (χ2n) is 5.36. The van der Waals surface area contributed by atoms with Crippen LogP contribution in [0.25, 0.3) is 10.9 Å². The van der Waals surface area contributed by atoms with E-state index in [1.165, 1.54) is 0 Å². The molecule has 1 amide bonds. The fourth-order valence-corrected chi connectivity index (χ4v) is 2.85. The van der Waals surface area contributed by atoms with Crippen LogP contribution in [0.15, 0.2) is 29.1 Å². The number of fused-ring (bicyclic) bond motifs is 2. The Morgan fingerprint density at radius 1 is 1.21 bits per heavy atom. The van der Waals surface area contributed by atoms with Crippen LogP contribution >= 0.6 is 0 Å². The van der Waals surface area contributed by atoms with Crippen LogP contribution in [0, 0.1) is 5.92 Å². The van der Waals surface area contributed by atoms with Gasteiger partial charge in [0.05, 0.1) is 17.3 Å². The number of aryl methyl sites for hydroxylation is 1. The van der Waals surface area contributed by atoms with Gasteiger partial charge in [0.25, 0.3) is 5.91 Å². The summed E-state index contributed by atoms with van der Waals surface area (Å²) >= 11 is 0. The highest BCUT2D eigenvalue weighted by molar-refractivity contribution is 6.01. The molecule has 1 N–H and O–H groups in total. The predicted octanol–water partition coefficient (Wildman–Crippen LogP) is 1.98. The molecule has 1 aromatic carbocycles. The first-order valence-electron chi connectivity index (χ1n) is 6.45. The molecule has 0 spiro atoms. The first-order valence-corrected chi connectivity index (χ1v) is 6.45. The molecule has 1 unspecified atom stereocenters. The van der Waals surface area contributed by atoms with Crippen LogP contribution < -0.4 is 10.7 Å². The van der Waals surface area contributed by atoms with Gasteiger partial charge in [0.1, 0.15) is 5.56 Å². The Bertz CT molecular complexity index is 744. The van der Waals surface area contributed by atoms with Crippen molar-refractivity contribution in [3.63, 3.8) is 0 Å². The Balaban J connectivity index is 2.47. The van der Waals surface area contributed by atoms with Gasteiger partial charge in [-0.1, -0.05) is 26.0 Å². The first-order chi connectivity index (χ1) is 9.02. The summed E-state index contributed by atoms with van der Waals surface area (Å²) in [5.41, 5.74) is 1.82. The number of nitrogens with zero attached hydrogens (tertiary/aromatic N) is 1. The van der Waals surface area contributed by atoms with Gasteiger partial charge >= 0.3 is 0 Å². The Labute approximate surface area is 111 Å². The zero-order chi connectivity index (χ0) is 13.7. The van der Waals surface area contributed by atoms with Crippen molar-refractivity contribution in [2.75, 3.05) is 0 Å². The fraction of sp³-hybridized carbons (Fsp3) is 0.333. The Morgan fingerprint density at radius 2 is 1.89 bits per heavy atom. The van der Waals surface area contributed by atoms with Crippen molar-refractivity contribution >= 4 is 16.8 Å². The molecule has 0 fully saturated rings. The van der Waals surface area contributed by atoms with E-state index in [0.717, 1.165) is 11.2 Å².